The number of alkyl halides is 2. The van der Waals surface area contributed by atoms with Crippen LogP contribution in [0.4, 0.5) is 14.5 Å². The van der Waals surface area contributed by atoms with Gasteiger partial charge in [0.05, 0.1) is 12.7 Å². The van der Waals surface area contributed by atoms with Gasteiger partial charge in [0, 0.05) is 23.8 Å². The zero-order chi connectivity index (χ0) is 17.6. The van der Waals surface area contributed by atoms with Gasteiger partial charge in [0.15, 0.2) is 0 Å². The molecule has 0 bridgehead atoms. The van der Waals surface area contributed by atoms with Crippen molar-refractivity contribution in [1.29, 1.82) is 0 Å². The van der Waals surface area contributed by atoms with E-state index in [9.17, 15) is 13.6 Å². The van der Waals surface area contributed by atoms with E-state index in [1.807, 2.05) is 22.9 Å². The van der Waals surface area contributed by atoms with Crippen molar-refractivity contribution in [2.24, 2.45) is 0 Å². The highest BCUT2D eigenvalue weighted by atomic mass is 19.3. The molecule has 3 aromatic rings. The van der Waals surface area contributed by atoms with Gasteiger partial charge in [-0.3, -0.25) is 4.79 Å². The molecule has 0 aliphatic carbocycles. The van der Waals surface area contributed by atoms with Crippen molar-refractivity contribution < 1.29 is 18.3 Å². The summed E-state index contributed by atoms with van der Waals surface area (Å²) in [7, 11) is 0. The van der Waals surface area contributed by atoms with Crippen LogP contribution in [0.2, 0.25) is 0 Å². The van der Waals surface area contributed by atoms with E-state index < -0.39 is 6.61 Å². The summed E-state index contributed by atoms with van der Waals surface area (Å²) in [5, 5.41) is 2.79. The number of aromatic nitrogens is 2. The molecule has 128 valence electrons. The lowest BCUT2D eigenvalue weighted by Gasteiger charge is -2.08. The minimum Gasteiger partial charge on any atom is -0.435 e. The lowest BCUT2D eigenvalue weighted by atomic mass is 10.1. The first kappa shape index (κ1) is 16.6. The van der Waals surface area contributed by atoms with E-state index >= 15 is 0 Å². The van der Waals surface area contributed by atoms with Crippen LogP contribution in [0.25, 0.3) is 5.69 Å². The molecule has 1 aromatic heterocycles. The van der Waals surface area contributed by atoms with Gasteiger partial charge in [-0.05, 0) is 42.0 Å². The molecule has 0 saturated heterocycles. The number of carbonyl (C=O) groups excluding carboxylic acids is 1. The number of ether oxygens (including phenoxy) is 1. The molecule has 0 fully saturated rings. The minimum atomic E-state index is -2.86. The number of hydrogen-bond donors (Lipinski definition) is 1. The van der Waals surface area contributed by atoms with Crippen molar-refractivity contribution in [3.63, 3.8) is 0 Å². The maximum absolute atomic E-state index is 12.1. The number of amides is 1. The van der Waals surface area contributed by atoms with Crippen LogP contribution in [0.5, 0.6) is 5.75 Å². The Labute approximate surface area is 142 Å². The Morgan fingerprint density at radius 1 is 1.12 bits per heavy atom. The fraction of sp³-hybridized carbons (Fsp3) is 0.111. The number of rotatable bonds is 6. The smallest absolute Gasteiger partial charge is 0.387 e. The molecule has 3 rings (SSSR count). The molecular formula is C18H15F2N3O2. The molecule has 0 atom stereocenters. The molecule has 0 radical (unpaired) electrons. The maximum Gasteiger partial charge on any atom is 0.387 e. The Kier molecular flexibility index (Phi) is 5.03. The third-order valence-electron chi connectivity index (χ3n) is 3.47. The monoisotopic (exact) mass is 343 g/mol. The Balaban J connectivity index is 1.57. The van der Waals surface area contributed by atoms with Crippen LogP contribution >= 0.6 is 0 Å². The van der Waals surface area contributed by atoms with Gasteiger partial charge in [-0.25, -0.2) is 4.98 Å². The van der Waals surface area contributed by atoms with Crippen LogP contribution in [-0.4, -0.2) is 22.1 Å². The third kappa shape index (κ3) is 4.63. The van der Waals surface area contributed by atoms with E-state index in [2.05, 4.69) is 15.0 Å². The fourth-order valence-electron chi connectivity index (χ4n) is 2.31. The number of halogens is 2. The van der Waals surface area contributed by atoms with Crippen LogP contribution in [0.15, 0.2) is 67.3 Å². The van der Waals surface area contributed by atoms with E-state index in [0.29, 0.717) is 11.3 Å². The molecule has 25 heavy (non-hydrogen) atoms. The van der Waals surface area contributed by atoms with Gasteiger partial charge in [0.2, 0.25) is 5.91 Å². The molecule has 1 heterocycles. The third-order valence-corrected chi connectivity index (χ3v) is 3.47. The van der Waals surface area contributed by atoms with E-state index in [1.54, 1.807) is 36.8 Å². The summed E-state index contributed by atoms with van der Waals surface area (Å²) >= 11 is 0. The van der Waals surface area contributed by atoms with Gasteiger partial charge in [0.25, 0.3) is 0 Å². The van der Waals surface area contributed by atoms with Gasteiger partial charge in [0.1, 0.15) is 5.75 Å². The lowest BCUT2D eigenvalue weighted by Crippen LogP contribution is -2.14. The van der Waals surface area contributed by atoms with Gasteiger partial charge in [-0.1, -0.05) is 12.1 Å². The summed E-state index contributed by atoms with van der Waals surface area (Å²) < 4.78 is 30.3. The number of anilines is 1. The number of benzene rings is 2. The summed E-state index contributed by atoms with van der Waals surface area (Å²) in [5.74, 6) is -0.132. The zero-order valence-electron chi connectivity index (χ0n) is 13.1. The topological polar surface area (TPSA) is 56.1 Å². The first-order chi connectivity index (χ1) is 12.1. The highest BCUT2D eigenvalue weighted by molar-refractivity contribution is 5.92. The number of carbonyl (C=O) groups is 1. The van der Waals surface area contributed by atoms with Crippen LogP contribution in [0, 0.1) is 0 Å². The molecule has 2 aromatic carbocycles. The largest absolute Gasteiger partial charge is 0.435 e. The summed E-state index contributed by atoms with van der Waals surface area (Å²) in [6, 6.07) is 13.3. The molecule has 5 nitrogen and oxygen atoms in total. The summed E-state index contributed by atoms with van der Waals surface area (Å²) in [4.78, 5) is 16.1. The number of nitrogens with zero attached hydrogens (tertiary/aromatic N) is 2. The van der Waals surface area contributed by atoms with Crippen LogP contribution in [0.1, 0.15) is 5.56 Å². The first-order valence-corrected chi connectivity index (χ1v) is 7.52. The molecular weight excluding hydrogens is 328 g/mol. The average Bonchev–Trinajstić information content (AvgIpc) is 3.11. The van der Waals surface area contributed by atoms with Gasteiger partial charge < -0.3 is 14.6 Å². The second kappa shape index (κ2) is 7.57. The second-order valence-electron chi connectivity index (χ2n) is 5.26. The Morgan fingerprint density at radius 3 is 2.44 bits per heavy atom. The number of nitrogens with one attached hydrogen (secondary N) is 1. The standard InChI is InChI=1S/C18H15F2N3O2/c19-18(20)25-16-7-1-13(2-8-16)11-17(24)22-14-3-5-15(6-4-14)23-10-9-21-12-23/h1-10,12,18H,11H2,(H,22,24). The van der Waals surface area contributed by atoms with Crippen molar-refractivity contribution in [3.05, 3.63) is 72.8 Å². The summed E-state index contributed by atoms with van der Waals surface area (Å²) in [6.45, 7) is -2.86. The highest BCUT2D eigenvalue weighted by Crippen LogP contribution is 2.16. The Bertz CT molecular complexity index is 817. The minimum absolute atomic E-state index is 0.0641. The zero-order valence-corrected chi connectivity index (χ0v) is 13.1. The molecule has 7 heteroatoms. The number of hydrogen-bond acceptors (Lipinski definition) is 3. The lowest BCUT2D eigenvalue weighted by molar-refractivity contribution is -0.115. The fourth-order valence-corrected chi connectivity index (χ4v) is 2.31. The quantitative estimate of drug-likeness (QED) is 0.743. The molecule has 0 aliphatic rings. The second-order valence-corrected chi connectivity index (χ2v) is 5.26. The van der Waals surface area contributed by atoms with Gasteiger partial charge in [-0.2, -0.15) is 8.78 Å². The van der Waals surface area contributed by atoms with Crippen molar-refractivity contribution in [1.82, 2.24) is 9.55 Å². The van der Waals surface area contributed by atoms with Crippen LogP contribution < -0.4 is 10.1 Å². The maximum atomic E-state index is 12.1. The molecule has 0 aliphatic heterocycles. The van der Waals surface area contributed by atoms with E-state index in [4.69, 9.17) is 0 Å². The van der Waals surface area contributed by atoms with Crippen LogP contribution in [-0.2, 0) is 11.2 Å². The SMILES string of the molecule is O=C(Cc1ccc(OC(F)F)cc1)Nc1ccc(-n2ccnc2)cc1. The summed E-state index contributed by atoms with van der Waals surface area (Å²) in [5.41, 5.74) is 2.31. The predicted molar refractivity (Wildman–Crippen MR) is 89.0 cm³/mol. The van der Waals surface area contributed by atoms with Crippen molar-refractivity contribution in [2.45, 2.75) is 13.0 Å². The molecule has 0 spiro atoms. The van der Waals surface area contributed by atoms with E-state index in [-0.39, 0.29) is 18.1 Å². The Morgan fingerprint density at radius 2 is 1.84 bits per heavy atom. The summed E-state index contributed by atoms with van der Waals surface area (Å²) in [6.07, 6.45) is 5.34. The normalized spacial score (nSPS) is 10.7. The first-order valence-electron chi connectivity index (χ1n) is 7.52. The van der Waals surface area contributed by atoms with Crippen LogP contribution in [0.3, 0.4) is 0 Å². The van der Waals surface area contributed by atoms with Crippen molar-refractivity contribution in [2.75, 3.05) is 5.32 Å². The van der Waals surface area contributed by atoms with E-state index in [1.165, 1.54) is 12.1 Å². The molecule has 1 amide bonds. The van der Waals surface area contributed by atoms with Gasteiger partial charge >= 0.3 is 6.61 Å². The molecule has 0 unspecified atom stereocenters. The van der Waals surface area contributed by atoms with Gasteiger partial charge in [-0.15, -0.1) is 0 Å². The Hall–Kier alpha value is -3.22. The molecule has 1 N–H and O–H groups in total. The average molecular weight is 343 g/mol. The number of imidazole rings is 1. The molecule has 0 saturated carbocycles. The highest BCUT2D eigenvalue weighted by Gasteiger charge is 2.07. The van der Waals surface area contributed by atoms with Crippen molar-refractivity contribution in [3.8, 4) is 11.4 Å². The van der Waals surface area contributed by atoms with E-state index in [0.717, 1.165) is 5.69 Å². The van der Waals surface area contributed by atoms with Crippen molar-refractivity contribution >= 4 is 11.6 Å². The predicted octanol–water partition coefficient (Wildman–Crippen LogP) is 3.65.